The topological polar surface area (TPSA) is 15.3 Å². The van der Waals surface area contributed by atoms with Gasteiger partial charge in [-0.3, -0.25) is 0 Å². The number of nitrogens with zero attached hydrogens (tertiary/aromatic N) is 1. The summed E-state index contributed by atoms with van der Waals surface area (Å²) in [6, 6.07) is 15.6. The monoisotopic (exact) mass is 284 g/mol. The molecule has 114 valence electrons. The molecule has 1 unspecified atom stereocenters. The van der Waals surface area contributed by atoms with Gasteiger partial charge in [-0.15, -0.1) is 0 Å². The number of nitrogens with one attached hydrogen (secondary N) is 1. The Hall–Kier alpha value is -1.38. The van der Waals surface area contributed by atoms with Crippen LogP contribution < -0.4 is 5.32 Å². The van der Waals surface area contributed by atoms with Crippen molar-refractivity contribution in [3.8, 4) is 0 Å². The number of fused-ring (bicyclic) bond motifs is 1. The summed E-state index contributed by atoms with van der Waals surface area (Å²) < 4.78 is 0. The summed E-state index contributed by atoms with van der Waals surface area (Å²) in [6.45, 7) is 8.97. The number of likely N-dealkylation sites (N-methyl/N-ethyl adjacent to an activating group) is 2. The van der Waals surface area contributed by atoms with Crippen LogP contribution >= 0.6 is 0 Å². The minimum Gasteiger partial charge on any atom is -0.312 e. The number of hydrogen-bond acceptors (Lipinski definition) is 2. The van der Waals surface area contributed by atoms with E-state index in [2.05, 4.69) is 87.5 Å². The van der Waals surface area contributed by atoms with Crippen molar-refractivity contribution in [1.82, 2.24) is 10.2 Å². The van der Waals surface area contributed by atoms with Gasteiger partial charge in [0.05, 0.1) is 0 Å². The molecule has 0 fully saturated rings. The molecular formula is C19H28N2. The third-order valence-corrected chi connectivity index (χ3v) is 3.79. The van der Waals surface area contributed by atoms with Crippen LogP contribution in [0.25, 0.3) is 10.8 Å². The van der Waals surface area contributed by atoms with Crippen molar-refractivity contribution in [2.45, 2.75) is 26.8 Å². The van der Waals surface area contributed by atoms with Crippen molar-refractivity contribution in [2.75, 3.05) is 27.2 Å². The van der Waals surface area contributed by atoms with Gasteiger partial charge in [-0.25, -0.2) is 0 Å². The maximum absolute atomic E-state index is 3.49. The molecule has 0 bridgehead atoms. The van der Waals surface area contributed by atoms with Gasteiger partial charge < -0.3 is 10.2 Å². The molecule has 2 rings (SSSR count). The fourth-order valence-corrected chi connectivity index (χ4v) is 3.09. The standard InChI is InChI=1S/C19H28N2/c1-19(2,3)14-21(5)13-18(20-4)17-12-8-10-15-9-6-7-11-16(15)17/h6-12,18,20H,13-14H2,1-5H3. The van der Waals surface area contributed by atoms with Gasteiger partial charge in [-0.05, 0) is 35.8 Å². The molecule has 0 heterocycles. The average Bonchev–Trinajstić information content (AvgIpc) is 2.42. The van der Waals surface area contributed by atoms with E-state index in [1.54, 1.807) is 0 Å². The van der Waals surface area contributed by atoms with Crippen LogP contribution in [-0.4, -0.2) is 32.1 Å². The molecule has 2 aromatic carbocycles. The minimum absolute atomic E-state index is 0.325. The van der Waals surface area contributed by atoms with Crippen LogP contribution in [-0.2, 0) is 0 Å². The van der Waals surface area contributed by atoms with Gasteiger partial charge >= 0.3 is 0 Å². The lowest BCUT2D eigenvalue weighted by Gasteiger charge is -2.30. The van der Waals surface area contributed by atoms with Crippen molar-refractivity contribution in [2.24, 2.45) is 5.41 Å². The number of hydrogen-bond donors (Lipinski definition) is 1. The third kappa shape index (κ3) is 4.29. The molecule has 0 aliphatic heterocycles. The van der Waals surface area contributed by atoms with Crippen LogP contribution in [0.2, 0.25) is 0 Å². The minimum atomic E-state index is 0.325. The molecule has 0 aromatic heterocycles. The molecule has 2 heteroatoms. The molecule has 2 nitrogen and oxygen atoms in total. The summed E-state index contributed by atoms with van der Waals surface area (Å²) in [5.41, 5.74) is 1.71. The van der Waals surface area contributed by atoms with Crippen LogP contribution in [0.15, 0.2) is 42.5 Å². The molecule has 0 saturated heterocycles. The summed E-state index contributed by atoms with van der Waals surface area (Å²) in [4.78, 5) is 2.42. The fourth-order valence-electron chi connectivity index (χ4n) is 3.09. The van der Waals surface area contributed by atoms with Gasteiger partial charge in [0.1, 0.15) is 0 Å². The highest BCUT2D eigenvalue weighted by Gasteiger charge is 2.18. The van der Waals surface area contributed by atoms with E-state index in [9.17, 15) is 0 Å². The highest BCUT2D eigenvalue weighted by Crippen LogP contribution is 2.25. The van der Waals surface area contributed by atoms with E-state index < -0.39 is 0 Å². The van der Waals surface area contributed by atoms with Gasteiger partial charge in [-0.2, -0.15) is 0 Å². The summed E-state index contributed by atoms with van der Waals surface area (Å²) in [6.07, 6.45) is 0. The van der Waals surface area contributed by atoms with E-state index in [0.29, 0.717) is 11.5 Å². The first-order valence-electron chi connectivity index (χ1n) is 7.74. The zero-order chi connectivity index (χ0) is 15.5. The Labute approximate surface area is 129 Å². The van der Waals surface area contributed by atoms with Gasteiger partial charge in [0.25, 0.3) is 0 Å². The van der Waals surface area contributed by atoms with E-state index in [-0.39, 0.29) is 0 Å². The average molecular weight is 284 g/mol. The quantitative estimate of drug-likeness (QED) is 0.890. The molecule has 0 radical (unpaired) electrons. The second kappa shape index (κ2) is 6.59. The first-order valence-corrected chi connectivity index (χ1v) is 7.74. The Kier molecular flexibility index (Phi) is 5.02. The molecule has 0 aliphatic carbocycles. The molecule has 0 aliphatic rings. The Balaban J connectivity index is 2.24. The van der Waals surface area contributed by atoms with Crippen molar-refractivity contribution in [3.63, 3.8) is 0 Å². The van der Waals surface area contributed by atoms with Crippen molar-refractivity contribution < 1.29 is 0 Å². The third-order valence-electron chi connectivity index (χ3n) is 3.79. The molecule has 1 atom stereocenters. The zero-order valence-corrected chi connectivity index (χ0v) is 14.0. The zero-order valence-electron chi connectivity index (χ0n) is 14.0. The Morgan fingerprint density at radius 2 is 1.71 bits per heavy atom. The molecule has 0 amide bonds. The number of benzene rings is 2. The lowest BCUT2D eigenvalue weighted by Crippen LogP contribution is -2.36. The van der Waals surface area contributed by atoms with Gasteiger partial charge in [0.15, 0.2) is 0 Å². The molecule has 21 heavy (non-hydrogen) atoms. The van der Waals surface area contributed by atoms with E-state index >= 15 is 0 Å². The first kappa shape index (κ1) is 16.0. The predicted molar refractivity (Wildman–Crippen MR) is 92.7 cm³/mol. The van der Waals surface area contributed by atoms with Gasteiger partial charge in [0, 0.05) is 19.1 Å². The summed E-state index contributed by atoms with van der Waals surface area (Å²) in [5.74, 6) is 0. The second-order valence-corrected chi connectivity index (χ2v) is 7.17. The van der Waals surface area contributed by atoms with Crippen LogP contribution in [0.4, 0.5) is 0 Å². The second-order valence-electron chi connectivity index (χ2n) is 7.17. The highest BCUT2D eigenvalue weighted by molar-refractivity contribution is 5.86. The van der Waals surface area contributed by atoms with Crippen LogP contribution in [0.1, 0.15) is 32.4 Å². The van der Waals surface area contributed by atoms with E-state index in [1.165, 1.54) is 16.3 Å². The lowest BCUT2D eigenvalue weighted by atomic mass is 9.95. The Bertz CT molecular complexity index is 578. The van der Waals surface area contributed by atoms with Crippen molar-refractivity contribution >= 4 is 10.8 Å². The molecule has 0 saturated carbocycles. The Morgan fingerprint density at radius 3 is 2.38 bits per heavy atom. The van der Waals surface area contributed by atoms with Crippen molar-refractivity contribution in [3.05, 3.63) is 48.0 Å². The SMILES string of the molecule is CNC(CN(C)CC(C)(C)C)c1cccc2ccccc12. The summed E-state index contributed by atoms with van der Waals surface area (Å²) in [5, 5.41) is 6.15. The van der Waals surface area contributed by atoms with Gasteiger partial charge in [-0.1, -0.05) is 63.2 Å². The molecule has 2 aromatic rings. The summed E-state index contributed by atoms with van der Waals surface area (Å²) >= 11 is 0. The van der Waals surface area contributed by atoms with Crippen LogP contribution in [0.5, 0.6) is 0 Å². The van der Waals surface area contributed by atoms with E-state index in [0.717, 1.165) is 13.1 Å². The van der Waals surface area contributed by atoms with Crippen LogP contribution in [0, 0.1) is 5.41 Å². The fraction of sp³-hybridized carbons (Fsp3) is 0.474. The molecular weight excluding hydrogens is 256 g/mol. The smallest absolute Gasteiger partial charge is 0.0452 e. The maximum atomic E-state index is 3.49. The molecule has 1 N–H and O–H groups in total. The largest absolute Gasteiger partial charge is 0.312 e. The summed E-state index contributed by atoms with van der Waals surface area (Å²) in [7, 11) is 4.26. The van der Waals surface area contributed by atoms with Gasteiger partial charge in [0.2, 0.25) is 0 Å². The van der Waals surface area contributed by atoms with Crippen LogP contribution in [0.3, 0.4) is 0 Å². The Morgan fingerprint density at radius 1 is 1.05 bits per heavy atom. The first-order chi connectivity index (χ1) is 9.90. The van der Waals surface area contributed by atoms with E-state index in [4.69, 9.17) is 0 Å². The van der Waals surface area contributed by atoms with Crippen molar-refractivity contribution in [1.29, 1.82) is 0 Å². The molecule has 0 spiro atoms. The lowest BCUT2D eigenvalue weighted by molar-refractivity contribution is 0.210. The maximum Gasteiger partial charge on any atom is 0.0452 e. The highest BCUT2D eigenvalue weighted by atomic mass is 15.1. The number of rotatable bonds is 5. The van der Waals surface area contributed by atoms with E-state index in [1.807, 2.05) is 0 Å². The normalized spacial score (nSPS) is 13.8. The predicted octanol–water partition coefficient (Wildman–Crippen LogP) is 4.08.